The molecule has 0 atom stereocenters. The number of benzene rings is 2. The summed E-state index contributed by atoms with van der Waals surface area (Å²) >= 11 is 5.90. The molecule has 0 radical (unpaired) electrons. The highest BCUT2D eigenvalue weighted by atomic mass is 35.5. The van der Waals surface area contributed by atoms with Crippen LogP contribution in [0.25, 0.3) is 0 Å². The second kappa shape index (κ2) is 5.93. The van der Waals surface area contributed by atoms with Crippen LogP contribution in [0.15, 0.2) is 36.4 Å². The number of halogens is 1. The maximum absolute atomic E-state index is 12.2. The van der Waals surface area contributed by atoms with Gasteiger partial charge in [0.1, 0.15) is 0 Å². The molecule has 0 aliphatic rings. The SMILES string of the molecule is Cc1ccc(Cl)cc1NC(=O)c1ccc([N+](=O)[O-])c(C)c1. The van der Waals surface area contributed by atoms with Crippen molar-refractivity contribution in [3.05, 3.63) is 68.2 Å². The van der Waals surface area contributed by atoms with Gasteiger partial charge in [-0.25, -0.2) is 0 Å². The van der Waals surface area contributed by atoms with Crippen molar-refractivity contribution in [2.75, 3.05) is 5.32 Å². The van der Waals surface area contributed by atoms with Gasteiger partial charge in [-0.3, -0.25) is 14.9 Å². The van der Waals surface area contributed by atoms with E-state index in [0.717, 1.165) is 5.56 Å². The zero-order valence-electron chi connectivity index (χ0n) is 11.5. The monoisotopic (exact) mass is 304 g/mol. The molecule has 21 heavy (non-hydrogen) atoms. The van der Waals surface area contributed by atoms with E-state index >= 15 is 0 Å². The van der Waals surface area contributed by atoms with E-state index in [1.807, 2.05) is 6.92 Å². The lowest BCUT2D eigenvalue weighted by molar-refractivity contribution is -0.385. The van der Waals surface area contributed by atoms with Crippen LogP contribution in [0.1, 0.15) is 21.5 Å². The Bertz CT molecular complexity index is 729. The van der Waals surface area contributed by atoms with Crippen LogP contribution in [0, 0.1) is 24.0 Å². The molecule has 0 fully saturated rings. The molecule has 108 valence electrons. The maximum Gasteiger partial charge on any atom is 0.272 e. The Morgan fingerprint density at radius 1 is 1.14 bits per heavy atom. The molecule has 1 N–H and O–H groups in total. The highest BCUT2D eigenvalue weighted by Crippen LogP contribution is 2.22. The molecule has 0 aromatic heterocycles. The molecule has 0 aliphatic carbocycles. The number of hydrogen-bond acceptors (Lipinski definition) is 3. The van der Waals surface area contributed by atoms with Crippen molar-refractivity contribution in [2.45, 2.75) is 13.8 Å². The first-order valence-corrected chi connectivity index (χ1v) is 6.59. The second-order valence-electron chi connectivity index (χ2n) is 4.67. The van der Waals surface area contributed by atoms with Crippen molar-refractivity contribution in [3.63, 3.8) is 0 Å². The van der Waals surface area contributed by atoms with Gasteiger partial charge in [0.25, 0.3) is 11.6 Å². The molecule has 0 heterocycles. The minimum Gasteiger partial charge on any atom is -0.322 e. The summed E-state index contributed by atoms with van der Waals surface area (Å²) in [5, 5.41) is 14.0. The fraction of sp³-hybridized carbons (Fsp3) is 0.133. The number of rotatable bonds is 3. The number of amides is 1. The Labute approximate surface area is 126 Å². The van der Waals surface area contributed by atoms with Crippen LogP contribution in [0.5, 0.6) is 0 Å². The Balaban J connectivity index is 2.26. The van der Waals surface area contributed by atoms with Crippen LogP contribution in [-0.2, 0) is 0 Å². The number of anilines is 1. The third-order valence-electron chi connectivity index (χ3n) is 3.10. The van der Waals surface area contributed by atoms with E-state index in [4.69, 9.17) is 11.6 Å². The molecule has 2 aromatic carbocycles. The number of nitro benzene ring substituents is 1. The fourth-order valence-corrected chi connectivity index (χ4v) is 2.10. The van der Waals surface area contributed by atoms with Crippen molar-refractivity contribution >= 4 is 28.9 Å². The molecule has 0 bridgehead atoms. The summed E-state index contributed by atoms with van der Waals surface area (Å²) in [5.74, 6) is -0.335. The minimum absolute atomic E-state index is 0.00881. The molecule has 0 saturated heterocycles. The van der Waals surface area contributed by atoms with Crippen molar-refractivity contribution in [1.29, 1.82) is 0 Å². The Morgan fingerprint density at radius 3 is 2.48 bits per heavy atom. The zero-order chi connectivity index (χ0) is 15.6. The van der Waals surface area contributed by atoms with Crippen LogP contribution < -0.4 is 5.32 Å². The number of nitrogens with one attached hydrogen (secondary N) is 1. The van der Waals surface area contributed by atoms with Crippen molar-refractivity contribution in [1.82, 2.24) is 0 Å². The number of nitro groups is 1. The van der Waals surface area contributed by atoms with Gasteiger partial charge in [0.2, 0.25) is 0 Å². The first-order chi connectivity index (χ1) is 9.88. The molecule has 0 unspecified atom stereocenters. The van der Waals surface area contributed by atoms with Gasteiger partial charge < -0.3 is 5.32 Å². The van der Waals surface area contributed by atoms with Gasteiger partial charge in [-0.2, -0.15) is 0 Å². The molecular formula is C15H13ClN2O3. The standard InChI is InChI=1S/C15H13ClN2O3/c1-9-3-5-12(16)8-13(9)17-15(19)11-4-6-14(18(20)21)10(2)7-11/h3-8H,1-2H3,(H,17,19). The molecule has 2 aromatic rings. The highest BCUT2D eigenvalue weighted by molar-refractivity contribution is 6.31. The van der Waals surface area contributed by atoms with Crippen LogP contribution in [0.3, 0.4) is 0 Å². The molecular weight excluding hydrogens is 292 g/mol. The summed E-state index contributed by atoms with van der Waals surface area (Å²) < 4.78 is 0. The molecule has 6 heteroatoms. The van der Waals surface area contributed by atoms with Gasteiger partial charge in [-0.15, -0.1) is 0 Å². The van der Waals surface area contributed by atoms with Gasteiger partial charge in [-0.1, -0.05) is 17.7 Å². The van der Waals surface area contributed by atoms with E-state index < -0.39 is 4.92 Å². The number of carbonyl (C=O) groups is 1. The van der Waals surface area contributed by atoms with Gasteiger partial charge in [0.15, 0.2) is 0 Å². The van der Waals surface area contributed by atoms with Gasteiger partial charge >= 0.3 is 0 Å². The van der Waals surface area contributed by atoms with Crippen molar-refractivity contribution in [2.24, 2.45) is 0 Å². The summed E-state index contributed by atoms with van der Waals surface area (Å²) in [7, 11) is 0. The molecule has 0 saturated carbocycles. The van der Waals surface area contributed by atoms with Crippen LogP contribution in [0.4, 0.5) is 11.4 Å². The molecule has 0 aliphatic heterocycles. The van der Waals surface area contributed by atoms with Gasteiger partial charge in [0.05, 0.1) is 4.92 Å². The first-order valence-electron chi connectivity index (χ1n) is 6.21. The number of carbonyl (C=O) groups excluding carboxylic acids is 1. The molecule has 0 spiro atoms. The highest BCUT2D eigenvalue weighted by Gasteiger charge is 2.14. The lowest BCUT2D eigenvalue weighted by Gasteiger charge is -2.09. The predicted octanol–water partition coefficient (Wildman–Crippen LogP) is 4.12. The fourth-order valence-electron chi connectivity index (χ4n) is 1.92. The summed E-state index contributed by atoms with van der Waals surface area (Å²) in [5.41, 5.74) is 2.29. The summed E-state index contributed by atoms with van der Waals surface area (Å²) in [6.45, 7) is 3.45. The Morgan fingerprint density at radius 2 is 1.86 bits per heavy atom. The largest absolute Gasteiger partial charge is 0.322 e. The van der Waals surface area contributed by atoms with E-state index in [2.05, 4.69) is 5.32 Å². The van der Waals surface area contributed by atoms with Crippen molar-refractivity contribution < 1.29 is 9.72 Å². The Kier molecular flexibility index (Phi) is 4.23. The summed E-state index contributed by atoms with van der Waals surface area (Å²) in [4.78, 5) is 22.5. The third kappa shape index (κ3) is 3.38. The smallest absolute Gasteiger partial charge is 0.272 e. The van der Waals surface area contributed by atoms with Crippen LogP contribution in [-0.4, -0.2) is 10.8 Å². The number of aryl methyl sites for hydroxylation is 2. The van der Waals surface area contributed by atoms with Crippen LogP contribution in [0.2, 0.25) is 5.02 Å². The van der Waals surface area contributed by atoms with Gasteiger partial charge in [0, 0.05) is 27.9 Å². The average molecular weight is 305 g/mol. The van der Waals surface area contributed by atoms with E-state index in [-0.39, 0.29) is 11.6 Å². The predicted molar refractivity (Wildman–Crippen MR) is 82.0 cm³/mol. The second-order valence-corrected chi connectivity index (χ2v) is 5.11. The van der Waals surface area contributed by atoms with E-state index in [9.17, 15) is 14.9 Å². The Hall–Kier alpha value is -2.40. The quantitative estimate of drug-likeness (QED) is 0.685. The van der Waals surface area contributed by atoms with E-state index in [1.165, 1.54) is 18.2 Å². The topological polar surface area (TPSA) is 72.2 Å². The zero-order valence-corrected chi connectivity index (χ0v) is 12.3. The van der Waals surface area contributed by atoms with E-state index in [0.29, 0.717) is 21.8 Å². The third-order valence-corrected chi connectivity index (χ3v) is 3.34. The maximum atomic E-state index is 12.2. The first kappa shape index (κ1) is 15.0. The lowest BCUT2D eigenvalue weighted by atomic mass is 10.1. The molecule has 2 rings (SSSR count). The summed E-state index contributed by atoms with van der Waals surface area (Å²) in [6, 6.07) is 9.46. The van der Waals surface area contributed by atoms with Crippen LogP contribution >= 0.6 is 11.6 Å². The normalized spacial score (nSPS) is 10.2. The number of hydrogen-bond donors (Lipinski definition) is 1. The van der Waals surface area contributed by atoms with Crippen molar-refractivity contribution in [3.8, 4) is 0 Å². The van der Waals surface area contributed by atoms with Gasteiger partial charge in [-0.05, 0) is 43.7 Å². The number of nitrogens with zero attached hydrogens (tertiary/aromatic N) is 1. The minimum atomic E-state index is -0.474. The lowest BCUT2D eigenvalue weighted by Crippen LogP contribution is -2.13. The molecule has 5 nitrogen and oxygen atoms in total. The molecule has 1 amide bonds. The summed E-state index contributed by atoms with van der Waals surface area (Å²) in [6.07, 6.45) is 0. The average Bonchev–Trinajstić information content (AvgIpc) is 2.42. The van der Waals surface area contributed by atoms with E-state index in [1.54, 1.807) is 25.1 Å².